The highest BCUT2D eigenvalue weighted by atomic mass is 16.2. The van der Waals surface area contributed by atoms with E-state index in [4.69, 9.17) is 5.11 Å². The van der Waals surface area contributed by atoms with Gasteiger partial charge in [0.2, 0.25) is 5.91 Å². The van der Waals surface area contributed by atoms with Crippen LogP contribution in [0, 0.1) is 5.92 Å². The predicted octanol–water partition coefficient (Wildman–Crippen LogP) is 1.55. The molecule has 4 nitrogen and oxygen atoms in total. The molecule has 2 unspecified atom stereocenters. The van der Waals surface area contributed by atoms with Crippen LogP contribution in [-0.4, -0.2) is 30.2 Å². The number of anilines is 1. The van der Waals surface area contributed by atoms with Crippen LogP contribution in [0.15, 0.2) is 24.3 Å². The van der Waals surface area contributed by atoms with E-state index in [1.165, 1.54) is 0 Å². The lowest BCUT2D eigenvalue weighted by molar-refractivity contribution is -0.118. The molecule has 0 radical (unpaired) electrons. The van der Waals surface area contributed by atoms with Crippen LogP contribution < -0.4 is 10.6 Å². The fourth-order valence-corrected chi connectivity index (χ4v) is 2.49. The number of hydrogen-bond acceptors (Lipinski definition) is 3. The van der Waals surface area contributed by atoms with E-state index in [0.29, 0.717) is 5.92 Å². The van der Waals surface area contributed by atoms with E-state index in [0.717, 1.165) is 37.1 Å². The van der Waals surface area contributed by atoms with Gasteiger partial charge in [-0.25, -0.2) is 0 Å². The van der Waals surface area contributed by atoms with E-state index >= 15 is 0 Å². The molecule has 2 atom stereocenters. The quantitative estimate of drug-likeness (QED) is 0.754. The fourth-order valence-electron chi connectivity index (χ4n) is 2.49. The average Bonchev–Trinajstić information content (AvgIpc) is 2.83. The first-order chi connectivity index (χ1) is 9.20. The number of aliphatic hydroxyl groups excluding tert-OH is 1. The van der Waals surface area contributed by atoms with Crippen molar-refractivity contribution in [1.29, 1.82) is 0 Å². The minimum Gasteiger partial charge on any atom is -0.396 e. The molecular weight excluding hydrogens is 240 g/mol. The van der Waals surface area contributed by atoms with Gasteiger partial charge in [-0.2, -0.15) is 0 Å². The van der Waals surface area contributed by atoms with Gasteiger partial charge in [0.1, 0.15) is 0 Å². The maximum Gasteiger partial charge on any atom is 0.241 e. The first kappa shape index (κ1) is 14.0. The van der Waals surface area contributed by atoms with Crippen molar-refractivity contribution in [3.63, 3.8) is 0 Å². The Morgan fingerprint density at radius 1 is 1.53 bits per heavy atom. The van der Waals surface area contributed by atoms with E-state index in [1.54, 1.807) is 0 Å². The zero-order valence-electron chi connectivity index (χ0n) is 11.4. The number of hydrogen-bond donors (Lipinski definition) is 3. The molecule has 4 heteroatoms. The average molecular weight is 262 g/mol. The minimum absolute atomic E-state index is 0.0457. The van der Waals surface area contributed by atoms with Gasteiger partial charge >= 0.3 is 0 Å². The van der Waals surface area contributed by atoms with Crippen LogP contribution in [0.1, 0.15) is 25.3 Å². The molecule has 0 aliphatic carbocycles. The lowest BCUT2D eigenvalue weighted by atomic mass is 10.0. The highest BCUT2D eigenvalue weighted by Gasteiger charge is 2.29. The molecule has 1 aromatic rings. The molecule has 1 amide bonds. The molecular formula is C15H22N2O2. The highest BCUT2D eigenvalue weighted by Crippen LogP contribution is 2.17. The molecule has 19 heavy (non-hydrogen) atoms. The van der Waals surface area contributed by atoms with Crippen molar-refractivity contribution in [2.75, 3.05) is 18.5 Å². The lowest BCUT2D eigenvalue weighted by Gasteiger charge is -2.15. The van der Waals surface area contributed by atoms with Crippen LogP contribution >= 0.6 is 0 Å². The number of nitrogens with one attached hydrogen (secondary N) is 2. The molecule has 1 aliphatic heterocycles. The van der Waals surface area contributed by atoms with Gasteiger partial charge in [0.05, 0.1) is 6.04 Å². The van der Waals surface area contributed by atoms with Gasteiger partial charge in [-0.1, -0.05) is 19.1 Å². The van der Waals surface area contributed by atoms with E-state index < -0.39 is 0 Å². The molecule has 0 aromatic heterocycles. The molecule has 0 bridgehead atoms. The second-order valence-corrected chi connectivity index (χ2v) is 5.21. The largest absolute Gasteiger partial charge is 0.396 e. The second kappa shape index (κ2) is 6.68. The van der Waals surface area contributed by atoms with Crippen LogP contribution in [0.25, 0.3) is 0 Å². The van der Waals surface area contributed by atoms with Gasteiger partial charge in [0.25, 0.3) is 0 Å². The summed E-state index contributed by atoms with van der Waals surface area (Å²) in [5.41, 5.74) is 1.97. The monoisotopic (exact) mass is 262 g/mol. The molecule has 1 aliphatic rings. The molecule has 3 N–H and O–H groups in total. The summed E-state index contributed by atoms with van der Waals surface area (Å²) in [6.07, 6.45) is 2.63. The Balaban J connectivity index is 1.96. The van der Waals surface area contributed by atoms with E-state index in [2.05, 4.69) is 17.6 Å². The van der Waals surface area contributed by atoms with E-state index in [1.807, 2.05) is 24.3 Å². The molecule has 0 saturated carbocycles. The van der Waals surface area contributed by atoms with Crippen molar-refractivity contribution in [1.82, 2.24) is 5.32 Å². The smallest absolute Gasteiger partial charge is 0.241 e. The number of aryl methyl sites for hydroxylation is 1. The van der Waals surface area contributed by atoms with Gasteiger partial charge in [-0.05, 0) is 49.4 Å². The third-order valence-electron chi connectivity index (χ3n) is 3.63. The third-order valence-corrected chi connectivity index (χ3v) is 3.63. The lowest BCUT2D eigenvalue weighted by Crippen LogP contribution is -2.39. The topological polar surface area (TPSA) is 61.4 Å². The van der Waals surface area contributed by atoms with Crippen LogP contribution in [0.3, 0.4) is 0 Å². The molecule has 2 rings (SSSR count). The standard InChI is InChI=1S/C15H22N2O2/c1-11-7-8-16-14(11)15(19)17-13-6-2-4-12(10-13)5-3-9-18/h2,4,6,10-11,14,16,18H,3,5,7-9H2,1H3,(H,17,19). The summed E-state index contributed by atoms with van der Waals surface area (Å²) in [7, 11) is 0. The summed E-state index contributed by atoms with van der Waals surface area (Å²) in [6.45, 7) is 3.21. The predicted molar refractivity (Wildman–Crippen MR) is 76.1 cm³/mol. The Bertz CT molecular complexity index is 434. The molecule has 1 fully saturated rings. The first-order valence-electron chi connectivity index (χ1n) is 6.95. The van der Waals surface area contributed by atoms with Crippen LogP contribution in [0.2, 0.25) is 0 Å². The summed E-state index contributed by atoms with van der Waals surface area (Å²) in [5, 5.41) is 15.0. The number of carbonyl (C=O) groups excluding carboxylic acids is 1. The summed E-state index contributed by atoms with van der Waals surface area (Å²) in [6, 6.07) is 7.75. The van der Waals surface area contributed by atoms with Crippen molar-refractivity contribution in [3.05, 3.63) is 29.8 Å². The number of carbonyl (C=O) groups is 1. The SMILES string of the molecule is CC1CCNC1C(=O)Nc1cccc(CCCO)c1. The van der Waals surface area contributed by atoms with Crippen molar-refractivity contribution in [3.8, 4) is 0 Å². The number of rotatable bonds is 5. The van der Waals surface area contributed by atoms with Crippen LogP contribution in [-0.2, 0) is 11.2 Å². The van der Waals surface area contributed by atoms with Crippen LogP contribution in [0.5, 0.6) is 0 Å². The minimum atomic E-state index is -0.0823. The molecule has 104 valence electrons. The van der Waals surface area contributed by atoms with Crippen molar-refractivity contribution < 1.29 is 9.90 Å². The van der Waals surface area contributed by atoms with Gasteiger partial charge in [-0.15, -0.1) is 0 Å². The number of amides is 1. The Morgan fingerprint density at radius 2 is 2.37 bits per heavy atom. The first-order valence-corrected chi connectivity index (χ1v) is 6.95. The zero-order chi connectivity index (χ0) is 13.7. The summed E-state index contributed by atoms with van der Waals surface area (Å²) in [4.78, 5) is 12.1. The Hall–Kier alpha value is -1.39. The van der Waals surface area contributed by atoms with Gasteiger partial charge in [0, 0.05) is 12.3 Å². The van der Waals surface area contributed by atoms with Gasteiger partial charge < -0.3 is 15.7 Å². The fraction of sp³-hybridized carbons (Fsp3) is 0.533. The normalized spacial score (nSPS) is 22.4. The highest BCUT2D eigenvalue weighted by molar-refractivity contribution is 5.95. The molecule has 1 heterocycles. The summed E-state index contributed by atoms with van der Waals surface area (Å²) < 4.78 is 0. The van der Waals surface area contributed by atoms with E-state index in [-0.39, 0.29) is 18.6 Å². The van der Waals surface area contributed by atoms with Crippen molar-refractivity contribution in [2.24, 2.45) is 5.92 Å². The summed E-state index contributed by atoms with van der Waals surface area (Å²) >= 11 is 0. The third kappa shape index (κ3) is 3.78. The Morgan fingerprint density at radius 3 is 3.05 bits per heavy atom. The number of aliphatic hydroxyl groups is 1. The molecule has 1 saturated heterocycles. The van der Waals surface area contributed by atoms with Gasteiger partial charge in [0.15, 0.2) is 0 Å². The van der Waals surface area contributed by atoms with Crippen LogP contribution in [0.4, 0.5) is 5.69 Å². The number of benzene rings is 1. The van der Waals surface area contributed by atoms with Gasteiger partial charge in [-0.3, -0.25) is 4.79 Å². The Labute approximate surface area is 114 Å². The van der Waals surface area contributed by atoms with Crippen molar-refractivity contribution in [2.45, 2.75) is 32.2 Å². The van der Waals surface area contributed by atoms with E-state index in [9.17, 15) is 4.79 Å². The molecule has 0 spiro atoms. The Kier molecular flexibility index (Phi) is 4.93. The summed E-state index contributed by atoms with van der Waals surface area (Å²) in [5.74, 6) is 0.432. The molecule has 1 aromatic carbocycles. The zero-order valence-corrected chi connectivity index (χ0v) is 11.4. The second-order valence-electron chi connectivity index (χ2n) is 5.21. The maximum atomic E-state index is 12.1. The maximum absolute atomic E-state index is 12.1. The van der Waals surface area contributed by atoms with Crippen molar-refractivity contribution >= 4 is 11.6 Å².